The van der Waals surface area contributed by atoms with E-state index in [-0.39, 0.29) is 0 Å². The minimum atomic E-state index is 0.851. The highest BCUT2D eigenvalue weighted by molar-refractivity contribution is 4.88. The van der Waals surface area contributed by atoms with E-state index in [1.807, 2.05) is 0 Å². The van der Waals surface area contributed by atoms with Crippen molar-refractivity contribution in [2.75, 3.05) is 13.1 Å². The highest BCUT2D eigenvalue weighted by Crippen LogP contribution is 2.34. The topological polar surface area (TPSA) is 3.24 Å². The molecule has 0 N–H and O–H groups in total. The fourth-order valence-electron chi connectivity index (χ4n) is 2.87. The van der Waals surface area contributed by atoms with E-state index in [1.54, 1.807) is 0 Å². The number of hydrogen-bond acceptors (Lipinski definition) is 1. The van der Waals surface area contributed by atoms with Gasteiger partial charge in [-0.05, 0) is 37.5 Å². The van der Waals surface area contributed by atoms with Crippen molar-refractivity contribution in [1.29, 1.82) is 0 Å². The summed E-state index contributed by atoms with van der Waals surface area (Å²) in [7, 11) is 0. The van der Waals surface area contributed by atoms with Crippen LogP contribution in [0.3, 0.4) is 0 Å². The Hall–Kier alpha value is -0.0400. The number of fused-ring (bicyclic) bond motifs is 3. The Bertz CT molecular complexity index is 143. The molecule has 3 rings (SSSR count). The Kier molecular flexibility index (Phi) is 2.40. The maximum Gasteiger partial charge on any atom is 0.00957 e. The molecule has 70 valence electrons. The van der Waals surface area contributed by atoms with Crippen LogP contribution in [0.15, 0.2) is 0 Å². The van der Waals surface area contributed by atoms with Gasteiger partial charge in [0.15, 0.2) is 0 Å². The summed E-state index contributed by atoms with van der Waals surface area (Å²) in [5.41, 5.74) is 0. The Morgan fingerprint density at radius 2 is 1.83 bits per heavy atom. The molecule has 3 fully saturated rings. The average molecular weight is 167 g/mol. The van der Waals surface area contributed by atoms with Crippen LogP contribution in [-0.4, -0.2) is 24.0 Å². The van der Waals surface area contributed by atoms with Gasteiger partial charge in [0.25, 0.3) is 0 Å². The van der Waals surface area contributed by atoms with Crippen LogP contribution in [-0.2, 0) is 0 Å². The molecular weight excluding hydrogens is 146 g/mol. The zero-order valence-electron chi connectivity index (χ0n) is 8.42. The molecule has 3 aliphatic rings. The second kappa shape index (κ2) is 3.37. The minimum absolute atomic E-state index is 0.851. The molecule has 0 atom stereocenters. The van der Waals surface area contributed by atoms with Crippen LogP contribution in [0.4, 0.5) is 0 Å². The lowest BCUT2D eigenvalue weighted by molar-refractivity contribution is 0.0401. The van der Waals surface area contributed by atoms with E-state index in [1.165, 1.54) is 38.8 Å². The van der Waals surface area contributed by atoms with Crippen LogP contribution in [0.25, 0.3) is 0 Å². The van der Waals surface area contributed by atoms with Gasteiger partial charge < -0.3 is 0 Å². The maximum atomic E-state index is 2.74. The molecule has 0 amide bonds. The van der Waals surface area contributed by atoms with Crippen molar-refractivity contribution in [3.8, 4) is 0 Å². The first kappa shape index (κ1) is 8.55. The van der Waals surface area contributed by atoms with Gasteiger partial charge in [0.05, 0.1) is 0 Å². The Morgan fingerprint density at radius 1 is 1.17 bits per heavy atom. The van der Waals surface area contributed by atoms with Crippen molar-refractivity contribution in [3.63, 3.8) is 0 Å². The molecule has 1 heteroatoms. The SMILES string of the molecule is CC(C)CN1CC2CCC1CC2. The van der Waals surface area contributed by atoms with Crippen LogP contribution in [0.1, 0.15) is 39.5 Å². The van der Waals surface area contributed by atoms with Crippen LogP contribution < -0.4 is 0 Å². The van der Waals surface area contributed by atoms with E-state index < -0.39 is 0 Å². The van der Waals surface area contributed by atoms with Crippen molar-refractivity contribution in [2.45, 2.75) is 45.6 Å². The molecule has 2 saturated heterocycles. The summed E-state index contributed by atoms with van der Waals surface area (Å²) in [6.07, 6.45) is 5.99. The third-order valence-corrected chi connectivity index (χ3v) is 3.43. The highest BCUT2D eigenvalue weighted by Gasteiger charge is 2.33. The van der Waals surface area contributed by atoms with Gasteiger partial charge in [-0.3, -0.25) is 4.90 Å². The monoisotopic (exact) mass is 167 g/mol. The second-order valence-electron chi connectivity index (χ2n) is 5.02. The Morgan fingerprint density at radius 3 is 2.25 bits per heavy atom. The third-order valence-electron chi connectivity index (χ3n) is 3.43. The zero-order chi connectivity index (χ0) is 8.55. The van der Waals surface area contributed by atoms with Crippen LogP contribution in [0.2, 0.25) is 0 Å². The van der Waals surface area contributed by atoms with E-state index in [2.05, 4.69) is 18.7 Å². The molecule has 0 aromatic rings. The normalized spacial score (nSPS) is 36.2. The van der Waals surface area contributed by atoms with Crippen molar-refractivity contribution in [3.05, 3.63) is 0 Å². The molecule has 2 heterocycles. The van der Waals surface area contributed by atoms with Gasteiger partial charge in [-0.15, -0.1) is 0 Å². The van der Waals surface area contributed by atoms with Crippen LogP contribution >= 0.6 is 0 Å². The summed E-state index contributed by atoms with van der Waals surface area (Å²) in [5.74, 6) is 1.90. The fourth-order valence-corrected chi connectivity index (χ4v) is 2.87. The van der Waals surface area contributed by atoms with Crippen LogP contribution in [0, 0.1) is 11.8 Å². The molecule has 1 aliphatic carbocycles. The second-order valence-corrected chi connectivity index (χ2v) is 5.02. The summed E-state index contributed by atoms with van der Waals surface area (Å²) < 4.78 is 0. The molecule has 0 unspecified atom stereocenters. The molecule has 0 aromatic carbocycles. The van der Waals surface area contributed by atoms with Gasteiger partial charge in [-0.2, -0.15) is 0 Å². The molecule has 12 heavy (non-hydrogen) atoms. The van der Waals surface area contributed by atoms with Gasteiger partial charge in [0.1, 0.15) is 0 Å². The van der Waals surface area contributed by atoms with Crippen LogP contribution in [0.5, 0.6) is 0 Å². The van der Waals surface area contributed by atoms with Gasteiger partial charge in [0.2, 0.25) is 0 Å². The number of hydrogen-bond donors (Lipinski definition) is 0. The van der Waals surface area contributed by atoms with Crippen molar-refractivity contribution >= 4 is 0 Å². The van der Waals surface area contributed by atoms with Crippen molar-refractivity contribution in [1.82, 2.24) is 4.90 Å². The maximum absolute atomic E-state index is 2.74. The lowest BCUT2D eigenvalue weighted by atomic mass is 9.79. The predicted octanol–water partition coefficient (Wildman–Crippen LogP) is 2.52. The van der Waals surface area contributed by atoms with E-state index in [0.29, 0.717) is 0 Å². The molecule has 1 nitrogen and oxygen atoms in total. The summed E-state index contributed by atoms with van der Waals surface area (Å²) >= 11 is 0. The van der Waals surface area contributed by atoms with E-state index in [9.17, 15) is 0 Å². The molecule has 0 spiro atoms. The van der Waals surface area contributed by atoms with Gasteiger partial charge in [-0.1, -0.05) is 13.8 Å². The molecule has 0 radical (unpaired) electrons. The Labute approximate surface area is 76.1 Å². The smallest absolute Gasteiger partial charge is 0.00957 e. The molecular formula is C11H21N. The summed E-state index contributed by atoms with van der Waals surface area (Å²) in [6, 6.07) is 0.956. The molecule has 1 saturated carbocycles. The lowest BCUT2D eigenvalue weighted by Gasteiger charge is -2.46. The molecule has 0 aromatic heterocycles. The summed E-state index contributed by atoms with van der Waals surface area (Å²) in [5, 5.41) is 0. The van der Waals surface area contributed by atoms with E-state index in [4.69, 9.17) is 0 Å². The molecule has 2 bridgehead atoms. The van der Waals surface area contributed by atoms with Gasteiger partial charge in [-0.25, -0.2) is 0 Å². The quantitative estimate of drug-likeness (QED) is 0.611. The highest BCUT2D eigenvalue weighted by atomic mass is 15.2. The standard InChI is InChI=1S/C11H21N/c1-9(2)7-12-8-10-3-5-11(12)6-4-10/h9-11H,3-8H2,1-2H3. The first-order valence-electron chi connectivity index (χ1n) is 5.49. The average Bonchev–Trinajstić information content (AvgIpc) is 2.05. The summed E-state index contributed by atoms with van der Waals surface area (Å²) in [6.45, 7) is 7.41. The van der Waals surface area contributed by atoms with Gasteiger partial charge >= 0.3 is 0 Å². The largest absolute Gasteiger partial charge is 0.300 e. The van der Waals surface area contributed by atoms with Crippen molar-refractivity contribution < 1.29 is 0 Å². The number of nitrogens with zero attached hydrogens (tertiary/aromatic N) is 1. The first-order chi connectivity index (χ1) is 5.75. The van der Waals surface area contributed by atoms with Crippen molar-refractivity contribution in [2.24, 2.45) is 11.8 Å². The lowest BCUT2D eigenvalue weighted by Crippen LogP contribution is -2.49. The van der Waals surface area contributed by atoms with Gasteiger partial charge in [0, 0.05) is 19.1 Å². The third kappa shape index (κ3) is 1.66. The number of piperidine rings is 2. The fraction of sp³-hybridized carbons (Fsp3) is 1.00. The van der Waals surface area contributed by atoms with E-state index in [0.717, 1.165) is 17.9 Å². The summed E-state index contributed by atoms with van der Waals surface area (Å²) in [4.78, 5) is 2.74. The first-order valence-corrected chi connectivity index (χ1v) is 5.49. The van der Waals surface area contributed by atoms with E-state index >= 15 is 0 Å². The predicted molar refractivity (Wildman–Crippen MR) is 52.2 cm³/mol. The number of rotatable bonds is 2. The zero-order valence-corrected chi connectivity index (χ0v) is 8.42. The minimum Gasteiger partial charge on any atom is -0.300 e. The Balaban J connectivity index is 1.91. The molecule has 2 aliphatic heterocycles.